The summed E-state index contributed by atoms with van der Waals surface area (Å²) in [5.41, 5.74) is 6.16. The molecule has 0 saturated carbocycles. The van der Waals surface area contributed by atoms with Gasteiger partial charge in [-0.05, 0) is 26.5 Å². The maximum absolute atomic E-state index is 13.7. The van der Waals surface area contributed by atoms with Crippen LogP contribution in [0.2, 0.25) is 0 Å². The molecule has 0 bridgehead atoms. The summed E-state index contributed by atoms with van der Waals surface area (Å²) in [6, 6.07) is 3.73. The minimum Gasteiger partial charge on any atom is -0.329 e. The van der Waals surface area contributed by atoms with E-state index in [-0.39, 0.29) is 6.04 Å². The van der Waals surface area contributed by atoms with Crippen LogP contribution in [-0.2, 0) is 0 Å². The van der Waals surface area contributed by atoms with Crippen LogP contribution < -0.4 is 5.73 Å². The van der Waals surface area contributed by atoms with Gasteiger partial charge in [-0.3, -0.25) is 4.90 Å². The number of nitrogens with two attached hydrogens (primary N) is 1. The Labute approximate surface area is 101 Å². The van der Waals surface area contributed by atoms with Gasteiger partial charge < -0.3 is 5.73 Å². The molecule has 0 aromatic heterocycles. The van der Waals surface area contributed by atoms with E-state index in [0.29, 0.717) is 18.2 Å². The zero-order chi connectivity index (χ0) is 13.0. The van der Waals surface area contributed by atoms with Crippen LogP contribution in [0.15, 0.2) is 18.2 Å². The molecule has 1 aromatic carbocycles. The molecular weight excluding hydrogens is 222 g/mol. The van der Waals surface area contributed by atoms with Crippen molar-refractivity contribution in [2.24, 2.45) is 5.73 Å². The van der Waals surface area contributed by atoms with Gasteiger partial charge in [0, 0.05) is 30.3 Å². The lowest BCUT2D eigenvalue weighted by Crippen LogP contribution is -2.37. The summed E-state index contributed by atoms with van der Waals surface area (Å²) in [6.07, 6.45) is 0.954. The summed E-state index contributed by atoms with van der Waals surface area (Å²) < 4.78 is 26.5. The second kappa shape index (κ2) is 6.07. The molecule has 0 radical (unpaired) electrons. The number of nitrogens with zero attached hydrogens (tertiary/aromatic N) is 1. The van der Waals surface area contributed by atoms with E-state index in [1.807, 2.05) is 11.9 Å². The fourth-order valence-electron chi connectivity index (χ4n) is 1.88. The molecule has 0 saturated heterocycles. The first-order valence-electron chi connectivity index (χ1n) is 5.88. The standard InChI is InChI=1S/C13H20F2N2/c1-4-9(2)17(3)13(8-16)11-6-5-10(14)7-12(11)15/h5-7,9,13H,4,8,16H2,1-3H3. The molecule has 1 aromatic rings. The molecule has 17 heavy (non-hydrogen) atoms. The number of rotatable bonds is 5. The average Bonchev–Trinajstić information content (AvgIpc) is 2.31. The fraction of sp³-hybridized carbons (Fsp3) is 0.538. The van der Waals surface area contributed by atoms with E-state index in [1.54, 1.807) is 0 Å². The zero-order valence-electron chi connectivity index (χ0n) is 10.6. The minimum atomic E-state index is -0.562. The Bertz CT molecular complexity index is 368. The van der Waals surface area contributed by atoms with Crippen molar-refractivity contribution in [2.45, 2.75) is 32.4 Å². The molecule has 2 N–H and O–H groups in total. The molecule has 2 atom stereocenters. The van der Waals surface area contributed by atoms with Crippen molar-refractivity contribution in [1.82, 2.24) is 4.90 Å². The largest absolute Gasteiger partial charge is 0.329 e. The lowest BCUT2D eigenvalue weighted by Gasteiger charge is -2.32. The van der Waals surface area contributed by atoms with E-state index in [0.717, 1.165) is 12.5 Å². The first-order chi connectivity index (χ1) is 8.01. The van der Waals surface area contributed by atoms with E-state index in [4.69, 9.17) is 5.73 Å². The smallest absolute Gasteiger partial charge is 0.130 e. The van der Waals surface area contributed by atoms with Gasteiger partial charge in [0.15, 0.2) is 0 Å². The Morgan fingerprint density at radius 3 is 2.47 bits per heavy atom. The highest BCUT2D eigenvalue weighted by molar-refractivity contribution is 5.22. The van der Waals surface area contributed by atoms with Crippen LogP contribution in [0.3, 0.4) is 0 Å². The lowest BCUT2D eigenvalue weighted by molar-refractivity contribution is 0.181. The van der Waals surface area contributed by atoms with Crippen LogP contribution in [0.4, 0.5) is 8.78 Å². The average molecular weight is 242 g/mol. The molecule has 4 heteroatoms. The Kier molecular flexibility index (Phi) is 5.02. The molecule has 0 aliphatic heterocycles. The number of likely N-dealkylation sites (N-methyl/N-ethyl adjacent to an activating group) is 1. The normalized spacial score (nSPS) is 15.0. The summed E-state index contributed by atoms with van der Waals surface area (Å²) in [6.45, 7) is 4.43. The SMILES string of the molecule is CCC(C)N(C)C(CN)c1ccc(F)cc1F. The third kappa shape index (κ3) is 3.23. The number of hydrogen-bond donors (Lipinski definition) is 1. The summed E-state index contributed by atoms with van der Waals surface area (Å²) >= 11 is 0. The van der Waals surface area contributed by atoms with Crippen molar-refractivity contribution in [3.05, 3.63) is 35.4 Å². The quantitative estimate of drug-likeness (QED) is 0.860. The van der Waals surface area contributed by atoms with Crippen molar-refractivity contribution < 1.29 is 8.78 Å². The molecular formula is C13H20F2N2. The molecule has 0 aliphatic rings. The fourth-order valence-corrected chi connectivity index (χ4v) is 1.88. The molecule has 0 fully saturated rings. The topological polar surface area (TPSA) is 29.3 Å². The van der Waals surface area contributed by atoms with Crippen molar-refractivity contribution >= 4 is 0 Å². The summed E-state index contributed by atoms with van der Waals surface area (Å²) in [4.78, 5) is 2.02. The summed E-state index contributed by atoms with van der Waals surface area (Å²) in [5, 5.41) is 0. The van der Waals surface area contributed by atoms with Gasteiger partial charge in [0.05, 0.1) is 0 Å². The molecule has 0 aliphatic carbocycles. The van der Waals surface area contributed by atoms with Crippen LogP contribution in [0.5, 0.6) is 0 Å². The second-order valence-corrected chi connectivity index (χ2v) is 4.34. The molecule has 2 unspecified atom stereocenters. The van der Waals surface area contributed by atoms with Gasteiger partial charge in [-0.25, -0.2) is 8.78 Å². The molecule has 1 rings (SSSR count). The van der Waals surface area contributed by atoms with Gasteiger partial charge >= 0.3 is 0 Å². The molecule has 0 heterocycles. The first kappa shape index (κ1) is 14.1. The molecule has 2 nitrogen and oxygen atoms in total. The minimum absolute atomic E-state index is 0.217. The highest BCUT2D eigenvalue weighted by atomic mass is 19.1. The monoisotopic (exact) mass is 242 g/mol. The van der Waals surface area contributed by atoms with Crippen LogP contribution in [-0.4, -0.2) is 24.5 Å². The number of benzene rings is 1. The van der Waals surface area contributed by atoms with Gasteiger partial charge in [-0.15, -0.1) is 0 Å². The third-order valence-corrected chi connectivity index (χ3v) is 3.32. The molecule has 96 valence electrons. The van der Waals surface area contributed by atoms with E-state index in [9.17, 15) is 8.78 Å². The Balaban J connectivity index is 3.01. The lowest BCUT2D eigenvalue weighted by atomic mass is 10.0. The van der Waals surface area contributed by atoms with E-state index in [2.05, 4.69) is 13.8 Å². The molecule has 0 spiro atoms. The maximum Gasteiger partial charge on any atom is 0.130 e. The van der Waals surface area contributed by atoms with E-state index < -0.39 is 11.6 Å². The summed E-state index contributed by atoms with van der Waals surface area (Å²) in [5.74, 6) is -1.09. The van der Waals surface area contributed by atoms with E-state index in [1.165, 1.54) is 12.1 Å². The third-order valence-electron chi connectivity index (χ3n) is 3.32. The van der Waals surface area contributed by atoms with Gasteiger partial charge in [0.2, 0.25) is 0 Å². The van der Waals surface area contributed by atoms with E-state index >= 15 is 0 Å². The predicted octanol–water partition coefficient (Wildman–Crippen LogP) is 2.69. The van der Waals surface area contributed by atoms with Crippen LogP contribution in [0, 0.1) is 11.6 Å². The Morgan fingerprint density at radius 2 is 2.00 bits per heavy atom. The van der Waals surface area contributed by atoms with Crippen LogP contribution in [0.25, 0.3) is 0 Å². The first-order valence-corrected chi connectivity index (χ1v) is 5.88. The highest BCUT2D eigenvalue weighted by Crippen LogP contribution is 2.24. The van der Waals surface area contributed by atoms with Gasteiger partial charge in [-0.1, -0.05) is 13.0 Å². The Hall–Kier alpha value is -1.00. The molecule has 0 amide bonds. The van der Waals surface area contributed by atoms with Gasteiger partial charge in [0.1, 0.15) is 11.6 Å². The van der Waals surface area contributed by atoms with Crippen LogP contribution in [0.1, 0.15) is 31.9 Å². The van der Waals surface area contributed by atoms with Gasteiger partial charge in [-0.2, -0.15) is 0 Å². The predicted molar refractivity (Wildman–Crippen MR) is 65.7 cm³/mol. The van der Waals surface area contributed by atoms with Crippen LogP contribution >= 0.6 is 0 Å². The maximum atomic E-state index is 13.7. The Morgan fingerprint density at radius 1 is 1.35 bits per heavy atom. The van der Waals surface area contributed by atoms with Crippen molar-refractivity contribution in [3.8, 4) is 0 Å². The van der Waals surface area contributed by atoms with Crippen molar-refractivity contribution in [2.75, 3.05) is 13.6 Å². The highest BCUT2D eigenvalue weighted by Gasteiger charge is 2.22. The van der Waals surface area contributed by atoms with Crippen molar-refractivity contribution in [3.63, 3.8) is 0 Å². The zero-order valence-corrected chi connectivity index (χ0v) is 10.6. The number of halogens is 2. The number of hydrogen-bond acceptors (Lipinski definition) is 2. The van der Waals surface area contributed by atoms with Gasteiger partial charge in [0.25, 0.3) is 0 Å². The van der Waals surface area contributed by atoms with Crippen molar-refractivity contribution in [1.29, 1.82) is 0 Å². The second-order valence-electron chi connectivity index (χ2n) is 4.34. The summed E-state index contributed by atoms with van der Waals surface area (Å²) in [7, 11) is 1.91.